The van der Waals surface area contributed by atoms with E-state index in [9.17, 15) is 9.59 Å². The van der Waals surface area contributed by atoms with Crippen LogP contribution in [0.1, 0.15) is 47.5 Å². The molecule has 4 aromatic rings. The molecule has 224 valence electrons. The second-order valence-corrected chi connectivity index (χ2v) is 12.3. The van der Waals surface area contributed by atoms with Gasteiger partial charge < -0.3 is 19.5 Å². The van der Waals surface area contributed by atoms with Crippen LogP contribution in [-0.2, 0) is 22.4 Å². The second-order valence-electron chi connectivity index (χ2n) is 10.2. The van der Waals surface area contributed by atoms with E-state index in [1.807, 2.05) is 48.5 Å². The van der Waals surface area contributed by atoms with Gasteiger partial charge in [0.15, 0.2) is 0 Å². The first kappa shape index (κ1) is 30.5. The lowest BCUT2D eigenvalue weighted by Gasteiger charge is -2.18. The molecule has 1 aliphatic carbocycles. The zero-order valence-electron chi connectivity index (χ0n) is 24.6. The molecule has 1 atom stereocenters. The van der Waals surface area contributed by atoms with E-state index in [4.69, 9.17) is 19.2 Å². The van der Waals surface area contributed by atoms with Gasteiger partial charge in [0.2, 0.25) is 11.1 Å². The van der Waals surface area contributed by atoms with Crippen molar-refractivity contribution in [2.24, 2.45) is 5.92 Å². The van der Waals surface area contributed by atoms with Crippen LogP contribution in [0, 0.1) is 5.92 Å². The maximum atomic E-state index is 13.0. The van der Waals surface area contributed by atoms with Crippen LogP contribution in [0.3, 0.4) is 0 Å². The Labute approximate surface area is 259 Å². The van der Waals surface area contributed by atoms with Crippen molar-refractivity contribution in [2.45, 2.75) is 44.7 Å². The molecule has 9 nitrogen and oxygen atoms in total. The third kappa shape index (κ3) is 7.17. The van der Waals surface area contributed by atoms with Gasteiger partial charge in [-0.1, -0.05) is 18.7 Å². The molecule has 1 aliphatic rings. The maximum Gasteiger partial charge on any atom is 0.341 e. The highest BCUT2D eigenvalue weighted by Crippen LogP contribution is 2.40. The van der Waals surface area contributed by atoms with E-state index in [2.05, 4.69) is 22.4 Å². The molecule has 0 aliphatic heterocycles. The number of fused-ring (bicyclic) bond motifs is 1. The predicted molar refractivity (Wildman–Crippen MR) is 169 cm³/mol. The third-order valence-electron chi connectivity index (χ3n) is 7.20. The summed E-state index contributed by atoms with van der Waals surface area (Å²) in [6, 6.07) is 15.2. The van der Waals surface area contributed by atoms with Gasteiger partial charge in [0.25, 0.3) is 0 Å². The van der Waals surface area contributed by atoms with E-state index in [1.165, 1.54) is 23.1 Å². The lowest BCUT2D eigenvalue weighted by molar-refractivity contribution is -0.115. The number of ether oxygens (including phenoxy) is 3. The number of nitrogens with zero attached hydrogens (tertiary/aromatic N) is 3. The highest BCUT2D eigenvalue weighted by molar-refractivity contribution is 7.99. The van der Waals surface area contributed by atoms with Crippen molar-refractivity contribution in [3.8, 4) is 34.0 Å². The summed E-state index contributed by atoms with van der Waals surface area (Å²) in [6.45, 7) is 4.28. The average Bonchev–Trinajstić information content (AvgIpc) is 3.38. The number of aromatic nitrogens is 3. The Hall–Kier alpha value is -3.96. The minimum atomic E-state index is -0.373. The van der Waals surface area contributed by atoms with E-state index < -0.39 is 0 Å². The Kier molecular flexibility index (Phi) is 9.93. The molecule has 2 aromatic heterocycles. The van der Waals surface area contributed by atoms with E-state index in [-0.39, 0.29) is 24.9 Å². The molecule has 1 N–H and O–H groups in total. The molecule has 0 saturated carbocycles. The summed E-state index contributed by atoms with van der Waals surface area (Å²) in [6.07, 6.45) is 2.96. The van der Waals surface area contributed by atoms with Gasteiger partial charge in [0.1, 0.15) is 27.9 Å². The number of amides is 1. The van der Waals surface area contributed by atoms with E-state index in [0.29, 0.717) is 38.8 Å². The zero-order valence-corrected chi connectivity index (χ0v) is 26.3. The molecule has 0 spiro atoms. The Bertz CT molecular complexity index is 1590. The number of anilines is 1. The normalized spacial score (nSPS) is 14.1. The van der Waals surface area contributed by atoms with E-state index in [1.54, 1.807) is 21.1 Å². The zero-order chi connectivity index (χ0) is 30.3. The van der Waals surface area contributed by atoms with Gasteiger partial charge in [-0.15, -0.1) is 21.5 Å². The van der Waals surface area contributed by atoms with Crippen LogP contribution in [0.4, 0.5) is 5.00 Å². The highest BCUT2D eigenvalue weighted by atomic mass is 32.2. The van der Waals surface area contributed by atoms with Crippen LogP contribution >= 0.6 is 23.1 Å². The lowest BCUT2D eigenvalue weighted by Crippen LogP contribution is -2.17. The number of rotatable bonds is 11. The summed E-state index contributed by atoms with van der Waals surface area (Å²) in [5.41, 5.74) is 4.57. The fourth-order valence-electron chi connectivity index (χ4n) is 4.95. The van der Waals surface area contributed by atoms with Gasteiger partial charge in [-0.3, -0.25) is 4.79 Å². The highest BCUT2D eigenvalue weighted by Gasteiger charge is 2.29. The molecule has 1 unspecified atom stereocenters. The van der Waals surface area contributed by atoms with Crippen LogP contribution in [-0.4, -0.2) is 53.6 Å². The molecular formula is C32H34N4O5S2. The predicted octanol–water partition coefficient (Wildman–Crippen LogP) is 6.71. The number of carbonyl (C=O) groups is 2. The van der Waals surface area contributed by atoms with Gasteiger partial charge >= 0.3 is 5.97 Å². The summed E-state index contributed by atoms with van der Waals surface area (Å²) in [7, 11) is 3.25. The van der Waals surface area contributed by atoms with Crippen LogP contribution in [0.25, 0.3) is 22.5 Å². The van der Waals surface area contributed by atoms with Gasteiger partial charge in [0, 0.05) is 28.2 Å². The molecule has 1 amide bonds. The molecule has 5 rings (SSSR count). The number of carbonyl (C=O) groups excluding carboxylic acids is 2. The first-order valence-corrected chi connectivity index (χ1v) is 16.0. The Morgan fingerprint density at radius 1 is 0.977 bits per heavy atom. The maximum absolute atomic E-state index is 13.0. The molecule has 0 saturated heterocycles. The van der Waals surface area contributed by atoms with Crippen LogP contribution in [0.15, 0.2) is 53.7 Å². The van der Waals surface area contributed by atoms with Crippen molar-refractivity contribution in [3.63, 3.8) is 0 Å². The number of nitrogens with one attached hydrogen (secondary N) is 1. The summed E-state index contributed by atoms with van der Waals surface area (Å²) in [5, 5.41) is 12.9. The number of esters is 1. The summed E-state index contributed by atoms with van der Waals surface area (Å²) < 4.78 is 15.9. The van der Waals surface area contributed by atoms with Crippen LogP contribution in [0.2, 0.25) is 0 Å². The summed E-state index contributed by atoms with van der Waals surface area (Å²) in [4.78, 5) is 31.8. The standard InChI is InChI=1S/C32H34N4O5S2/c1-5-41-31(38)27-24-15-6-19(2)18-25(24)43-30(27)33-26(37)16-17-42-32-34-28(20-7-11-22(39-3)12-8-20)29(35-36-32)21-9-13-23(40-4)14-10-21/h7-14,19H,5-6,15-18H2,1-4H3,(H,33,37). The minimum absolute atomic E-state index is 0.178. The Morgan fingerprint density at radius 2 is 1.63 bits per heavy atom. The average molecular weight is 619 g/mol. The first-order valence-electron chi connectivity index (χ1n) is 14.2. The second kappa shape index (κ2) is 14.0. The van der Waals surface area contributed by atoms with E-state index >= 15 is 0 Å². The molecule has 2 heterocycles. The third-order valence-corrected chi connectivity index (χ3v) is 9.21. The van der Waals surface area contributed by atoms with Gasteiger partial charge in [-0.25, -0.2) is 9.78 Å². The van der Waals surface area contributed by atoms with Gasteiger partial charge in [-0.2, -0.15) is 0 Å². The minimum Gasteiger partial charge on any atom is -0.497 e. The largest absolute Gasteiger partial charge is 0.497 e. The van der Waals surface area contributed by atoms with E-state index in [0.717, 1.165) is 52.3 Å². The quantitative estimate of drug-likeness (QED) is 0.145. The van der Waals surface area contributed by atoms with Crippen molar-refractivity contribution in [1.82, 2.24) is 15.2 Å². The Balaban J connectivity index is 1.31. The summed E-state index contributed by atoms with van der Waals surface area (Å²) in [5.74, 6) is 1.92. The molecule has 0 fully saturated rings. The van der Waals surface area contributed by atoms with Gasteiger partial charge in [0.05, 0.1) is 26.4 Å². The molecular weight excluding hydrogens is 585 g/mol. The van der Waals surface area contributed by atoms with Crippen LogP contribution in [0.5, 0.6) is 11.5 Å². The summed E-state index contributed by atoms with van der Waals surface area (Å²) >= 11 is 2.84. The van der Waals surface area contributed by atoms with Crippen molar-refractivity contribution in [3.05, 3.63) is 64.5 Å². The van der Waals surface area contributed by atoms with Crippen molar-refractivity contribution < 1.29 is 23.8 Å². The molecule has 0 radical (unpaired) electrons. The number of hydrogen-bond acceptors (Lipinski definition) is 10. The monoisotopic (exact) mass is 618 g/mol. The number of hydrogen-bond donors (Lipinski definition) is 1. The number of methoxy groups -OCH3 is 2. The molecule has 43 heavy (non-hydrogen) atoms. The number of thioether (sulfide) groups is 1. The first-order chi connectivity index (χ1) is 20.9. The SMILES string of the molecule is CCOC(=O)c1c(NC(=O)CCSc2nnc(-c3ccc(OC)cc3)c(-c3ccc(OC)cc3)n2)sc2c1CCC(C)C2. The van der Waals surface area contributed by atoms with Gasteiger partial charge in [-0.05, 0) is 86.2 Å². The topological polar surface area (TPSA) is 113 Å². The lowest BCUT2D eigenvalue weighted by atomic mass is 9.88. The Morgan fingerprint density at radius 3 is 2.26 bits per heavy atom. The number of benzene rings is 2. The van der Waals surface area contributed by atoms with Crippen molar-refractivity contribution >= 4 is 40.0 Å². The van der Waals surface area contributed by atoms with Crippen molar-refractivity contribution in [2.75, 3.05) is 31.9 Å². The molecule has 11 heteroatoms. The fraction of sp³-hybridized carbons (Fsp3) is 0.344. The number of thiophene rings is 1. The fourth-order valence-corrected chi connectivity index (χ4v) is 7.09. The van der Waals surface area contributed by atoms with Crippen molar-refractivity contribution in [1.29, 1.82) is 0 Å². The smallest absolute Gasteiger partial charge is 0.341 e. The van der Waals surface area contributed by atoms with Crippen LogP contribution < -0.4 is 14.8 Å². The molecule has 0 bridgehead atoms. The molecule has 2 aromatic carbocycles.